The fourth-order valence-electron chi connectivity index (χ4n) is 3.96. The van der Waals surface area contributed by atoms with Crippen LogP contribution in [0.15, 0.2) is 48.7 Å². The van der Waals surface area contributed by atoms with E-state index in [-0.39, 0.29) is 16.7 Å². The Morgan fingerprint density at radius 1 is 1.09 bits per heavy atom. The van der Waals surface area contributed by atoms with E-state index in [1.54, 1.807) is 19.2 Å². The first kappa shape index (κ1) is 23.3. The van der Waals surface area contributed by atoms with E-state index in [0.29, 0.717) is 21.9 Å². The van der Waals surface area contributed by atoms with Gasteiger partial charge in [0.1, 0.15) is 11.9 Å². The molecule has 2 aromatic carbocycles. The zero-order valence-corrected chi connectivity index (χ0v) is 19.7. The number of nitrogens with two attached hydrogens (primary N) is 1. The van der Waals surface area contributed by atoms with E-state index in [1.807, 2.05) is 29.2 Å². The van der Waals surface area contributed by atoms with Crippen LogP contribution in [0.1, 0.15) is 48.2 Å². The molecule has 2 N–H and O–H groups in total. The first-order valence-electron chi connectivity index (χ1n) is 10.8. The molecule has 1 unspecified atom stereocenters. The molecule has 3 aromatic rings. The lowest BCUT2D eigenvalue weighted by atomic mass is 10.0. The van der Waals surface area contributed by atoms with E-state index in [2.05, 4.69) is 4.98 Å². The van der Waals surface area contributed by atoms with Crippen molar-refractivity contribution in [3.05, 3.63) is 75.7 Å². The van der Waals surface area contributed by atoms with E-state index < -0.39 is 11.9 Å². The first-order chi connectivity index (χ1) is 15.8. The Morgan fingerprint density at radius 2 is 1.79 bits per heavy atom. The van der Waals surface area contributed by atoms with Gasteiger partial charge < -0.3 is 15.4 Å². The number of benzene rings is 2. The van der Waals surface area contributed by atoms with Gasteiger partial charge in [-0.25, -0.2) is 9.37 Å². The Balaban J connectivity index is 1.55. The first-order valence-corrected chi connectivity index (χ1v) is 11.6. The molecular weight excluding hydrogens is 464 g/mol. The summed E-state index contributed by atoms with van der Waals surface area (Å²) in [7, 11) is 0. The minimum atomic E-state index is -0.662. The SMILES string of the molecule is CC(Oc1cc(-c2ccc(C(=O)N3CCCCC3)cc2)cnc1N)c1c(Cl)ccc(F)c1Cl. The standard InChI is InChI=1S/C25H24Cl2FN3O2/c1-15(22-19(26)9-10-20(28)23(22)27)33-21-13-18(14-30-24(21)29)16-5-7-17(8-6-16)25(32)31-11-3-2-4-12-31/h5-10,13-15H,2-4,11-12H2,1H3,(H2,29,30). The minimum absolute atomic E-state index is 0.0541. The highest BCUT2D eigenvalue weighted by atomic mass is 35.5. The number of carbonyl (C=O) groups is 1. The normalized spacial score (nSPS) is 14.7. The Hall–Kier alpha value is -2.83. The van der Waals surface area contributed by atoms with Crippen molar-refractivity contribution in [2.24, 2.45) is 0 Å². The number of aromatic nitrogens is 1. The smallest absolute Gasteiger partial charge is 0.253 e. The predicted octanol–water partition coefficient (Wildman–Crippen LogP) is 6.54. The molecule has 0 saturated carbocycles. The molecule has 1 aromatic heterocycles. The van der Waals surface area contributed by atoms with Gasteiger partial charge in [0.15, 0.2) is 11.6 Å². The maximum Gasteiger partial charge on any atom is 0.253 e. The number of piperidine rings is 1. The molecule has 172 valence electrons. The van der Waals surface area contributed by atoms with Crippen molar-refractivity contribution in [2.75, 3.05) is 18.8 Å². The number of hydrogen-bond acceptors (Lipinski definition) is 4. The number of likely N-dealkylation sites (tertiary alicyclic amines) is 1. The summed E-state index contributed by atoms with van der Waals surface area (Å²) in [5, 5.41) is 0.206. The molecule has 33 heavy (non-hydrogen) atoms. The zero-order valence-electron chi connectivity index (χ0n) is 18.2. The highest BCUT2D eigenvalue weighted by Crippen LogP contribution is 2.37. The van der Waals surface area contributed by atoms with Crippen molar-refractivity contribution in [3.8, 4) is 16.9 Å². The quantitative estimate of drug-likeness (QED) is 0.414. The number of nitrogen functional groups attached to an aromatic ring is 1. The number of nitrogens with zero attached hydrogens (tertiary/aromatic N) is 2. The van der Waals surface area contributed by atoms with Crippen LogP contribution < -0.4 is 10.5 Å². The highest BCUT2D eigenvalue weighted by molar-refractivity contribution is 6.36. The summed E-state index contributed by atoms with van der Waals surface area (Å²) < 4.78 is 19.9. The summed E-state index contributed by atoms with van der Waals surface area (Å²) in [4.78, 5) is 18.8. The average molecular weight is 488 g/mol. The zero-order chi connectivity index (χ0) is 23.5. The second kappa shape index (κ2) is 9.98. The fraction of sp³-hybridized carbons (Fsp3) is 0.280. The van der Waals surface area contributed by atoms with Crippen LogP contribution in [0, 0.1) is 5.82 Å². The summed E-state index contributed by atoms with van der Waals surface area (Å²) in [6, 6.07) is 11.8. The number of anilines is 1. The summed E-state index contributed by atoms with van der Waals surface area (Å²) in [5.74, 6) is -0.0139. The molecule has 2 heterocycles. The Labute approximate surface area is 202 Å². The van der Waals surface area contributed by atoms with Crippen molar-refractivity contribution >= 4 is 34.9 Å². The van der Waals surface area contributed by atoms with Gasteiger partial charge in [-0.2, -0.15) is 0 Å². The van der Waals surface area contributed by atoms with Gasteiger partial charge in [0, 0.05) is 41.0 Å². The number of ether oxygens (including phenoxy) is 1. The monoisotopic (exact) mass is 487 g/mol. The largest absolute Gasteiger partial charge is 0.482 e. The predicted molar refractivity (Wildman–Crippen MR) is 129 cm³/mol. The van der Waals surface area contributed by atoms with Crippen LogP contribution in [0.3, 0.4) is 0 Å². The Bertz CT molecular complexity index is 1170. The van der Waals surface area contributed by atoms with Crippen LogP contribution in [0.4, 0.5) is 10.2 Å². The van der Waals surface area contributed by atoms with Crippen molar-refractivity contribution in [2.45, 2.75) is 32.3 Å². The molecule has 0 aliphatic carbocycles. The van der Waals surface area contributed by atoms with Crippen LogP contribution in [-0.2, 0) is 0 Å². The summed E-state index contributed by atoms with van der Waals surface area (Å²) >= 11 is 12.3. The van der Waals surface area contributed by atoms with Gasteiger partial charge in [0.25, 0.3) is 5.91 Å². The van der Waals surface area contributed by atoms with Crippen molar-refractivity contribution in [1.29, 1.82) is 0 Å². The van der Waals surface area contributed by atoms with Gasteiger partial charge in [0.2, 0.25) is 0 Å². The van der Waals surface area contributed by atoms with Crippen LogP contribution in [0.5, 0.6) is 5.75 Å². The van der Waals surface area contributed by atoms with Crippen LogP contribution in [-0.4, -0.2) is 28.9 Å². The number of halogens is 3. The Morgan fingerprint density at radius 3 is 2.48 bits per heavy atom. The molecule has 1 aliphatic rings. The van der Waals surface area contributed by atoms with E-state index in [9.17, 15) is 9.18 Å². The summed E-state index contributed by atoms with van der Waals surface area (Å²) in [5.41, 5.74) is 8.64. The number of hydrogen-bond donors (Lipinski definition) is 1. The van der Waals surface area contributed by atoms with Crippen molar-refractivity contribution in [3.63, 3.8) is 0 Å². The number of carbonyl (C=O) groups excluding carboxylic acids is 1. The third-order valence-corrected chi connectivity index (χ3v) is 6.49. The minimum Gasteiger partial charge on any atom is -0.482 e. The average Bonchev–Trinajstić information content (AvgIpc) is 2.83. The summed E-state index contributed by atoms with van der Waals surface area (Å²) in [6.07, 6.45) is 4.25. The third kappa shape index (κ3) is 5.07. The van der Waals surface area contributed by atoms with Gasteiger partial charge in [0.05, 0.1) is 5.02 Å². The molecule has 1 aliphatic heterocycles. The van der Waals surface area contributed by atoms with E-state index in [1.165, 1.54) is 18.6 Å². The molecule has 1 amide bonds. The second-order valence-electron chi connectivity index (χ2n) is 8.05. The molecular formula is C25H24Cl2FN3O2. The molecule has 0 bridgehead atoms. The third-order valence-electron chi connectivity index (χ3n) is 5.78. The topological polar surface area (TPSA) is 68.5 Å². The fourth-order valence-corrected chi connectivity index (χ4v) is 4.63. The van der Waals surface area contributed by atoms with Crippen molar-refractivity contribution in [1.82, 2.24) is 9.88 Å². The van der Waals surface area contributed by atoms with E-state index in [4.69, 9.17) is 33.7 Å². The molecule has 1 saturated heterocycles. The molecule has 4 rings (SSSR count). The highest BCUT2D eigenvalue weighted by Gasteiger charge is 2.21. The number of pyridine rings is 1. The summed E-state index contributed by atoms with van der Waals surface area (Å²) in [6.45, 7) is 3.32. The second-order valence-corrected chi connectivity index (χ2v) is 8.84. The van der Waals surface area contributed by atoms with Gasteiger partial charge in [-0.3, -0.25) is 4.79 Å². The lowest BCUT2D eigenvalue weighted by Crippen LogP contribution is -2.35. The van der Waals surface area contributed by atoms with Gasteiger partial charge in [-0.05, 0) is 62.1 Å². The van der Waals surface area contributed by atoms with Gasteiger partial charge in [-0.15, -0.1) is 0 Å². The maximum atomic E-state index is 13.9. The number of amides is 1. The molecule has 1 atom stereocenters. The van der Waals surface area contributed by atoms with E-state index in [0.717, 1.165) is 37.1 Å². The Kier molecular flexibility index (Phi) is 7.05. The molecule has 0 radical (unpaired) electrons. The van der Waals surface area contributed by atoms with Crippen LogP contribution in [0.2, 0.25) is 10.0 Å². The molecule has 8 heteroatoms. The molecule has 1 fully saturated rings. The van der Waals surface area contributed by atoms with Gasteiger partial charge in [-0.1, -0.05) is 35.3 Å². The van der Waals surface area contributed by atoms with Crippen LogP contribution >= 0.6 is 23.2 Å². The van der Waals surface area contributed by atoms with Crippen LogP contribution in [0.25, 0.3) is 11.1 Å². The molecule has 5 nitrogen and oxygen atoms in total. The van der Waals surface area contributed by atoms with Crippen molar-refractivity contribution < 1.29 is 13.9 Å². The van der Waals surface area contributed by atoms with Gasteiger partial charge >= 0.3 is 0 Å². The molecule has 0 spiro atoms. The lowest BCUT2D eigenvalue weighted by Gasteiger charge is -2.26. The maximum absolute atomic E-state index is 13.9. The lowest BCUT2D eigenvalue weighted by molar-refractivity contribution is 0.0724. The van der Waals surface area contributed by atoms with E-state index >= 15 is 0 Å². The number of rotatable bonds is 5.